The van der Waals surface area contributed by atoms with Crippen LogP contribution in [0.5, 0.6) is 0 Å². The van der Waals surface area contributed by atoms with Crippen LogP contribution in [0.1, 0.15) is 29.0 Å². The Bertz CT molecular complexity index is 348. The van der Waals surface area contributed by atoms with Crippen molar-refractivity contribution in [2.45, 2.75) is 31.9 Å². The van der Waals surface area contributed by atoms with E-state index in [1.807, 2.05) is 0 Å². The molecule has 2 atom stereocenters. The fourth-order valence-corrected chi connectivity index (χ4v) is 1.41. The number of nitrogens with one attached hydrogen (secondary N) is 1. The van der Waals surface area contributed by atoms with Gasteiger partial charge < -0.3 is 14.9 Å². The Morgan fingerprint density at radius 1 is 1.71 bits per heavy atom. The van der Waals surface area contributed by atoms with Crippen LogP contribution in [0.15, 0.2) is 10.7 Å². The van der Waals surface area contributed by atoms with Crippen LogP contribution in [0.25, 0.3) is 0 Å². The van der Waals surface area contributed by atoms with E-state index in [1.54, 1.807) is 6.92 Å². The lowest BCUT2D eigenvalue weighted by Crippen LogP contribution is -2.50. The first-order chi connectivity index (χ1) is 6.68. The quantitative estimate of drug-likeness (QED) is 0.710. The average Bonchev–Trinajstić information content (AvgIpc) is 2.58. The van der Waals surface area contributed by atoms with E-state index in [-0.39, 0.29) is 11.9 Å². The molecule has 1 aromatic heterocycles. The second-order valence-corrected chi connectivity index (χ2v) is 3.52. The van der Waals surface area contributed by atoms with Crippen LogP contribution in [-0.4, -0.2) is 28.3 Å². The first kappa shape index (κ1) is 9.21. The Labute approximate surface area is 81.1 Å². The molecule has 1 aromatic rings. The lowest BCUT2D eigenvalue weighted by Gasteiger charge is -2.32. The standard InChI is InChI=1S/C9H12N2O3/c1-5-6(4-10-14-5)9(13)11-7-2-3-8(7)12/h4,7-8,12H,2-3H2,1H3,(H,11,13). The van der Waals surface area contributed by atoms with Gasteiger partial charge in [-0.25, -0.2) is 0 Å². The molecule has 2 unspecified atom stereocenters. The van der Waals surface area contributed by atoms with Crippen molar-refractivity contribution < 1.29 is 14.4 Å². The largest absolute Gasteiger partial charge is 0.391 e. The summed E-state index contributed by atoms with van der Waals surface area (Å²) in [6.07, 6.45) is 2.57. The van der Waals surface area contributed by atoms with Crippen LogP contribution in [0, 0.1) is 6.92 Å². The fraction of sp³-hybridized carbons (Fsp3) is 0.556. The molecular formula is C9H12N2O3. The number of carbonyl (C=O) groups excluding carboxylic acids is 1. The third-order valence-electron chi connectivity index (χ3n) is 2.55. The molecule has 2 rings (SSSR count). The topological polar surface area (TPSA) is 75.4 Å². The van der Waals surface area contributed by atoms with Gasteiger partial charge in [-0.05, 0) is 19.8 Å². The van der Waals surface area contributed by atoms with Crippen LogP contribution in [0.4, 0.5) is 0 Å². The van der Waals surface area contributed by atoms with Gasteiger partial charge in [0.15, 0.2) is 0 Å². The number of rotatable bonds is 2. The predicted molar refractivity (Wildman–Crippen MR) is 47.7 cm³/mol. The zero-order valence-corrected chi connectivity index (χ0v) is 7.86. The molecule has 1 amide bonds. The van der Waals surface area contributed by atoms with Gasteiger partial charge in [0.05, 0.1) is 18.3 Å². The van der Waals surface area contributed by atoms with Gasteiger partial charge in [-0.3, -0.25) is 4.79 Å². The van der Waals surface area contributed by atoms with E-state index in [1.165, 1.54) is 6.20 Å². The van der Waals surface area contributed by atoms with Gasteiger partial charge in [0.1, 0.15) is 11.3 Å². The molecule has 0 radical (unpaired) electrons. The smallest absolute Gasteiger partial charge is 0.256 e. The van der Waals surface area contributed by atoms with Gasteiger partial charge in [-0.15, -0.1) is 0 Å². The van der Waals surface area contributed by atoms with Gasteiger partial charge in [0.2, 0.25) is 0 Å². The molecule has 0 aliphatic heterocycles. The Hall–Kier alpha value is -1.36. The molecule has 0 aromatic carbocycles. The molecule has 1 fully saturated rings. The highest BCUT2D eigenvalue weighted by Crippen LogP contribution is 2.20. The fourth-order valence-electron chi connectivity index (χ4n) is 1.41. The Morgan fingerprint density at radius 3 is 2.93 bits per heavy atom. The second kappa shape index (κ2) is 3.42. The molecule has 0 bridgehead atoms. The van der Waals surface area contributed by atoms with Gasteiger partial charge in [0, 0.05) is 0 Å². The minimum atomic E-state index is -0.404. The van der Waals surface area contributed by atoms with E-state index in [0.29, 0.717) is 11.3 Å². The third-order valence-corrected chi connectivity index (χ3v) is 2.55. The maximum absolute atomic E-state index is 11.6. The summed E-state index contributed by atoms with van der Waals surface area (Å²) in [5, 5.41) is 15.5. The minimum absolute atomic E-state index is 0.114. The molecule has 0 saturated heterocycles. The van der Waals surface area contributed by atoms with E-state index in [2.05, 4.69) is 10.5 Å². The van der Waals surface area contributed by atoms with Crippen LogP contribution in [0.3, 0.4) is 0 Å². The number of aromatic nitrogens is 1. The van der Waals surface area contributed by atoms with Gasteiger partial charge >= 0.3 is 0 Å². The van der Waals surface area contributed by atoms with E-state index < -0.39 is 6.10 Å². The van der Waals surface area contributed by atoms with Crippen molar-refractivity contribution in [1.29, 1.82) is 0 Å². The predicted octanol–water partition coefficient (Wildman–Crippen LogP) is 0.236. The summed E-state index contributed by atoms with van der Waals surface area (Å²) in [4.78, 5) is 11.6. The Balaban J connectivity index is 1.99. The summed E-state index contributed by atoms with van der Waals surface area (Å²) >= 11 is 0. The number of hydrogen-bond donors (Lipinski definition) is 2. The zero-order chi connectivity index (χ0) is 10.1. The number of aryl methyl sites for hydroxylation is 1. The van der Waals surface area contributed by atoms with Crippen molar-refractivity contribution in [1.82, 2.24) is 10.5 Å². The third kappa shape index (κ3) is 1.50. The van der Waals surface area contributed by atoms with Crippen molar-refractivity contribution >= 4 is 5.91 Å². The molecule has 1 saturated carbocycles. The maximum atomic E-state index is 11.6. The van der Waals surface area contributed by atoms with Crippen molar-refractivity contribution in [3.8, 4) is 0 Å². The number of carbonyl (C=O) groups is 1. The monoisotopic (exact) mass is 196 g/mol. The molecule has 5 nitrogen and oxygen atoms in total. The maximum Gasteiger partial charge on any atom is 0.256 e. The van der Waals surface area contributed by atoms with E-state index in [9.17, 15) is 9.90 Å². The Kier molecular flexibility index (Phi) is 2.25. The van der Waals surface area contributed by atoms with Crippen molar-refractivity contribution in [3.63, 3.8) is 0 Å². The highest BCUT2D eigenvalue weighted by atomic mass is 16.5. The number of aliphatic hydroxyl groups excluding tert-OH is 1. The summed E-state index contributed by atoms with van der Waals surface area (Å²) in [6.45, 7) is 1.68. The lowest BCUT2D eigenvalue weighted by molar-refractivity contribution is 0.0447. The van der Waals surface area contributed by atoms with Crippen molar-refractivity contribution in [3.05, 3.63) is 17.5 Å². The van der Waals surface area contributed by atoms with E-state index >= 15 is 0 Å². The molecule has 76 valence electrons. The molecule has 2 N–H and O–H groups in total. The number of amides is 1. The Morgan fingerprint density at radius 2 is 2.50 bits per heavy atom. The van der Waals surface area contributed by atoms with Crippen LogP contribution in [-0.2, 0) is 0 Å². The first-order valence-electron chi connectivity index (χ1n) is 4.58. The van der Waals surface area contributed by atoms with Crippen molar-refractivity contribution in [2.24, 2.45) is 0 Å². The molecule has 1 aliphatic carbocycles. The molecular weight excluding hydrogens is 184 g/mol. The molecule has 1 heterocycles. The summed E-state index contributed by atoms with van der Waals surface area (Å²) in [6, 6.07) is -0.114. The summed E-state index contributed by atoms with van der Waals surface area (Å²) in [5.41, 5.74) is 0.434. The highest BCUT2D eigenvalue weighted by molar-refractivity contribution is 5.95. The second-order valence-electron chi connectivity index (χ2n) is 3.52. The summed E-state index contributed by atoms with van der Waals surface area (Å²) < 4.78 is 4.77. The molecule has 0 spiro atoms. The first-order valence-corrected chi connectivity index (χ1v) is 4.58. The number of nitrogens with zero attached hydrogens (tertiary/aromatic N) is 1. The van der Waals surface area contributed by atoms with Crippen LogP contribution < -0.4 is 5.32 Å². The average molecular weight is 196 g/mol. The van der Waals surface area contributed by atoms with Gasteiger partial charge in [0.25, 0.3) is 5.91 Å². The molecule has 1 aliphatic rings. The SMILES string of the molecule is Cc1oncc1C(=O)NC1CCC1O. The van der Waals surface area contributed by atoms with Gasteiger partial charge in [-0.1, -0.05) is 5.16 Å². The molecule has 14 heavy (non-hydrogen) atoms. The van der Waals surface area contributed by atoms with E-state index in [0.717, 1.165) is 12.8 Å². The summed E-state index contributed by atoms with van der Waals surface area (Å²) in [5.74, 6) is 0.267. The normalized spacial score (nSPS) is 25.6. The summed E-state index contributed by atoms with van der Waals surface area (Å²) in [7, 11) is 0. The van der Waals surface area contributed by atoms with E-state index in [4.69, 9.17) is 4.52 Å². The van der Waals surface area contributed by atoms with Crippen molar-refractivity contribution in [2.75, 3.05) is 0 Å². The van der Waals surface area contributed by atoms with Crippen LogP contribution in [0.2, 0.25) is 0 Å². The van der Waals surface area contributed by atoms with Crippen LogP contribution >= 0.6 is 0 Å². The minimum Gasteiger partial charge on any atom is -0.391 e. The number of aliphatic hydroxyl groups is 1. The lowest BCUT2D eigenvalue weighted by atomic mass is 9.89. The highest BCUT2D eigenvalue weighted by Gasteiger charge is 2.30. The zero-order valence-electron chi connectivity index (χ0n) is 7.86. The van der Waals surface area contributed by atoms with Gasteiger partial charge in [-0.2, -0.15) is 0 Å². The number of hydrogen-bond acceptors (Lipinski definition) is 4. The molecule has 5 heteroatoms.